The van der Waals surface area contributed by atoms with Gasteiger partial charge < -0.3 is 14.8 Å². The minimum Gasteiger partial charge on any atom is -0.485 e. The van der Waals surface area contributed by atoms with Crippen LogP contribution in [0.3, 0.4) is 0 Å². The number of nitrogens with zero attached hydrogens (tertiary/aromatic N) is 1. The lowest BCUT2D eigenvalue weighted by molar-refractivity contribution is -0.136. The van der Waals surface area contributed by atoms with Crippen molar-refractivity contribution >= 4 is 16.6 Å². The minimum atomic E-state index is -4.53. The summed E-state index contributed by atoms with van der Waals surface area (Å²) in [5, 5.41) is 3.32. The number of halogens is 3. The number of alkyl halides is 3. The first-order valence-electron chi connectivity index (χ1n) is 8.48. The normalized spacial score (nSPS) is 22.3. The second-order valence-electron chi connectivity index (χ2n) is 6.85. The molecule has 134 valence electrons. The predicted molar refractivity (Wildman–Crippen MR) is 88.2 cm³/mol. The van der Waals surface area contributed by atoms with Crippen LogP contribution in [0.4, 0.5) is 18.9 Å². The van der Waals surface area contributed by atoms with Gasteiger partial charge in [-0.2, -0.15) is 13.2 Å². The van der Waals surface area contributed by atoms with Crippen molar-refractivity contribution < 1.29 is 22.6 Å². The second kappa shape index (κ2) is 5.68. The van der Waals surface area contributed by atoms with Gasteiger partial charge in [0.1, 0.15) is 6.10 Å². The highest BCUT2D eigenvalue weighted by atomic mass is 19.4. The molecule has 0 spiro atoms. The van der Waals surface area contributed by atoms with E-state index in [4.69, 9.17) is 9.47 Å². The summed E-state index contributed by atoms with van der Waals surface area (Å²) in [5.41, 5.74) is 0.0474. The van der Waals surface area contributed by atoms with Gasteiger partial charge in [0.05, 0.1) is 34.3 Å². The van der Waals surface area contributed by atoms with E-state index in [2.05, 4.69) is 10.3 Å². The van der Waals surface area contributed by atoms with Crippen LogP contribution in [0.2, 0.25) is 0 Å². The fraction of sp³-hybridized carbons (Fsp3) is 0.500. The van der Waals surface area contributed by atoms with Crippen LogP contribution in [0.1, 0.15) is 38.7 Å². The van der Waals surface area contributed by atoms with Crippen LogP contribution < -0.4 is 14.8 Å². The maximum atomic E-state index is 13.7. The fourth-order valence-corrected chi connectivity index (χ4v) is 3.62. The maximum Gasteiger partial charge on any atom is 0.417 e. The highest BCUT2D eigenvalue weighted by molar-refractivity contribution is 5.95. The van der Waals surface area contributed by atoms with Crippen molar-refractivity contribution in [3.8, 4) is 11.6 Å². The molecular weight excluding hydrogens is 333 g/mol. The van der Waals surface area contributed by atoms with Crippen LogP contribution in [-0.4, -0.2) is 23.2 Å². The third-order valence-corrected chi connectivity index (χ3v) is 4.63. The maximum absolute atomic E-state index is 13.7. The average molecular weight is 352 g/mol. The molecule has 2 aliphatic rings. The minimum absolute atomic E-state index is 0.000967. The van der Waals surface area contributed by atoms with E-state index in [1.165, 1.54) is 0 Å². The van der Waals surface area contributed by atoms with Crippen LogP contribution >= 0.6 is 0 Å². The van der Waals surface area contributed by atoms with Gasteiger partial charge in [-0.05, 0) is 45.2 Å². The molecule has 1 N–H and O–H groups in total. The molecule has 2 heterocycles. The van der Waals surface area contributed by atoms with Gasteiger partial charge in [-0.1, -0.05) is 0 Å². The molecule has 0 saturated heterocycles. The van der Waals surface area contributed by atoms with Gasteiger partial charge in [-0.15, -0.1) is 0 Å². The summed E-state index contributed by atoms with van der Waals surface area (Å²) in [7, 11) is 0. The van der Waals surface area contributed by atoms with Crippen LogP contribution in [0.15, 0.2) is 18.2 Å². The van der Waals surface area contributed by atoms with Gasteiger partial charge in [0.15, 0.2) is 5.75 Å². The van der Waals surface area contributed by atoms with E-state index in [1.807, 2.05) is 0 Å². The van der Waals surface area contributed by atoms with Crippen LogP contribution in [0.25, 0.3) is 10.9 Å². The number of aromatic nitrogens is 1. The molecular formula is C18H19F3N2O2. The molecule has 1 saturated carbocycles. The zero-order valence-electron chi connectivity index (χ0n) is 14.0. The summed E-state index contributed by atoms with van der Waals surface area (Å²) < 4.78 is 52.5. The molecule has 0 bridgehead atoms. The van der Waals surface area contributed by atoms with E-state index in [1.54, 1.807) is 26.0 Å². The Morgan fingerprint density at radius 2 is 2.08 bits per heavy atom. The number of ether oxygens (including phenoxy) is 2. The largest absolute Gasteiger partial charge is 0.485 e. The molecule has 1 aromatic heterocycles. The van der Waals surface area contributed by atoms with Crippen molar-refractivity contribution in [3.63, 3.8) is 0 Å². The first-order chi connectivity index (χ1) is 11.8. The molecule has 2 aromatic rings. The Kier molecular flexibility index (Phi) is 3.70. The Morgan fingerprint density at radius 1 is 1.28 bits per heavy atom. The Hall–Kier alpha value is -2.18. The standard InChI is InChI=1S/C18H19F3N2O2/c1-9(2)24-15-8-10(18(19,20)21)16-12(23-15)6-7-13-17(16)25-14-5-3-4-11(14)22-13/h6-9,11,14,22H,3-5H2,1-2H3/t11-,14+/m1/s1. The lowest BCUT2D eigenvalue weighted by atomic mass is 10.0. The molecule has 25 heavy (non-hydrogen) atoms. The molecule has 0 unspecified atom stereocenters. The Labute approximate surface area is 143 Å². The quantitative estimate of drug-likeness (QED) is 0.846. The highest BCUT2D eigenvalue weighted by Crippen LogP contribution is 2.47. The zero-order valence-corrected chi connectivity index (χ0v) is 14.0. The first-order valence-corrected chi connectivity index (χ1v) is 8.48. The molecule has 4 rings (SSSR count). The molecule has 7 heteroatoms. The third-order valence-electron chi connectivity index (χ3n) is 4.63. The number of pyridine rings is 1. The number of anilines is 1. The van der Waals surface area contributed by atoms with E-state index in [0.29, 0.717) is 5.69 Å². The highest BCUT2D eigenvalue weighted by Gasteiger charge is 2.39. The number of fused-ring (bicyclic) bond motifs is 4. The summed E-state index contributed by atoms with van der Waals surface area (Å²) in [6.07, 6.45) is -2.07. The van der Waals surface area contributed by atoms with Crippen LogP contribution in [0, 0.1) is 0 Å². The van der Waals surface area contributed by atoms with Crippen molar-refractivity contribution in [3.05, 3.63) is 23.8 Å². The number of rotatable bonds is 2. The number of nitrogens with one attached hydrogen (secondary N) is 1. The summed E-state index contributed by atoms with van der Waals surface area (Å²) in [4.78, 5) is 4.25. The third kappa shape index (κ3) is 2.85. The van der Waals surface area contributed by atoms with Gasteiger partial charge >= 0.3 is 6.18 Å². The van der Waals surface area contributed by atoms with E-state index >= 15 is 0 Å². The van der Waals surface area contributed by atoms with Gasteiger partial charge in [-0.25, -0.2) is 4.98 Å². The molecule has 4 nitrogen and oxygen atoms in total. The lowest BCUT2D eigenvalue weighted by Crippen LogP contribution is -2.37. The van der Waals surface area contributed by atoms with E-state index in [0.717, 1.165) is 25.3 Å². The van der Waals surface area contributed by atoms with Gasteiger partial charge in [0, 0.05) is 6.07 Å². The fourth-order valence-electron chi connectivity index (χ4n) is 3.62. The van der Waals surface area contributed by atoms with E-state index in [-0.39, 0.29) is 40.8 Å². The van der Waals surface area contributed by atoms with Crippen molar-refractivity contribution in [1.29, 1.82) is 0 Å². The Balaban J connectivity index is 1.92. The lowest BCUT2D eigenvalue weighted by Gasteiger charge is -2.32. The molecule has 0 radical (unpaired) electrons. The summed E-state index contributed by atoms with van der Waals surface area (Å²) in [5.74, 6) is 0.217. The van der Waals surface area contributed by atoms with E-state index in [9.17, 15) is 13.2 Å². The van der Waals surface area contributed by atoms with Crippen molar-refractivity contribution in [1.82, 2.24) is 4.98 Å². The van der Waals surface area contributed by atoms with Crippen LogP contribution in [-0.2, 0) is 6.18 Å². The van der Waals surface area contributed by atoms with Crippen molar-refractivity contribution in [2.45, 2.75) is 57.5 Å². The van der Waals surface area contributed by atoms with Crippen molar-refractivity contribution in [2.75, 3.05) is 5.32 Å². The first kappa shape index (κ1) is 16.3. The molecule has 2 atom stereocenters. The molecule has 1 aromatic carbocycles. The summed E-state index contributed by atoms with van der Waals surface area (Å²) >= 11 is 0. The average Bonchev–Trinajstić information content (AvgIpc) is 2.97. The smallest absolute Gasteiger partial charge is 0.417 e. The molecule has 0 amide bonds. The van der Waals surface area contributed by atoms with Crippen molar-refractivity contribution in [2.24, 2.45) is 0 Å². The predicted octanol–water partition coefficient (Wildman–Crippen LogP) is 4.77. The van der Waals surface area contributed by atoms with Gasteiger partial charge in [0.2, 0.25) is 5.88 Å². The Bertz CT molecular complexity index is 820. The van der Waals surface area contributed by atoms with Gasteiger partial charge in [0.25, 0.3) is 0 Å². The number of hydrogen-bond donors (Lipinski definition) is 1. The number of hydrogen-bond acceptors (Lipinski definition) is 4. The zero-order chi connectivity index (χ0) is 17.8. The Morgan fingerprint density at radius 3 is 2.80 bits per heavy atom. The SMILES string of the molecule is CC(C)Oc1cc(C(F)(F)F)c2c3c(ccc2n1)N[C@@H]1CCC[C@@H]1O3. The second-order valence-corrected chi connectivity index (χ2v) is 6.85. The number of benzene rings is 1. The summed E-state index contributed by atoms with van der Waals surface area (Å²) in [6, 6.07) is 4.45. The molecule has 1 fully saturated rings. The monoisotopic (exact) mass is 352 g/mol. The van der Waals surface area contributed by atoms with Gasteiger partial charge in [-0.3, -0.25) is 0 Å². The molecule has 1 aliphatic carbocycles. The van der Waals surface area contributed by atoms with E-state index < -0.39 is 11.7 Å². The summed E-state index contributed by atoms with van der Waals surface area (Å²) in [6.45, 7) is 3.50. The van der Waals surface area contributed by atoms with Crippen LogP contribution in [0.5, 0.6) is 11.6 Å². The molecule has 1 aliphatic heterocycles. The topological polar surface area (TPSA) is 43.4 Å².